The van der Waals surface area contributed by atoms with E-state index in [1.807, 2.05) is 0 Å². The summed E-state index contributed by atoms with van der Waals surface area (Å²) < 4.78 is 36.6. The number of benzene rings is 2. The molecule has 0 saturated heterocycles. The number of sulfone groups is 1. The van der Waals surface area contributed by atoms with Crippen molar-refractivity contribution in [3.63, 3.8) is 0 Å². The van der Waals surface area contributed by atoms with Crippen LogP contribution in [0.15, 0.2) is 47.4 Å². The third kappa shape index (κ3) is 3.81. The molecule has 6 heteroatoms. The summed E-state index contributed by atoms with van der Waals surface area (Å²) >= 11 is 5.73. The molecule has 2 aromatic carbocycles. The molecule has 112 valence electrons. The van der Waals surface area contributed by atoms with Crippen LogP contribution in [-0.4, -0.2) is 14.7 Å². The normalized spacial score (nSPS) is 13.1. The van der Waals surface area contributed by atoms with Crippen molar-refractivity contribution in [1.29, 1.82) is 0 Å². The second-order valence-corrected chi connectivity index (χ2v) is 7.29. The van der Waals surface area contributed by atoms with Crippen LogP contribution < -0.4 is 5.73 Å². The molecule has 21 heavy (non-hydrogen) atoms. The van der Waals surface area contributed by atoms with Gasteiger partial charge in [0.05, 0.1) is 9.92 Å². The summed E-state index contributed by atoms with van der Waals surface area (Å²) in [4.78, 5) is 0.229. The molecular weight excluding hydrogens is 313 g/mol. The lowest BCUT2D eigenvalue weighted by Crippen LogP contribution is -2.14. The van der Waals surface area contributed by atoms with E-state index >= 15 is 0 Å². The molecule has 2 aromatic rings. The highest BCUT2D eigenvalue weighted by Crippen LogP contribution is 2.23. The van der Waals surface area contributed by atoms with Crippen molar-refractivity contribution in [1.82, 2.24) is 0 Å². The zero-order chi connectivity index (χ0) is 15.6. The first-order valence-electron chi connectivity index (χ1n) is 6.27. The number of halogens is 2. The fourth-order valence-electron chi connectivity index (χ4n) is 2.02. The van der Waals surface area contributed by atoms with Crippen LogP contribution in [0.4, 0.5) is 4.39 Å². The SMILES string of the molecule is CS(=O)(=O)c1ccc(C(N)Cc2cccc(Cl)c2F)cc1. The average molecular weight is 328 g/mol. The molecule has 2 rings (SSSR count). The summed E-state index contributed by atoms with van der Waals surface area (Å²) in [6.45, 7) is 0. The van der Waals surface area contributed by atoms with E-state index in [2.05, 4.69) is 0 Å². The molecule has 0 aliphatic heterocycles. The quantitative estimate of drug-likeness (QED) is 0.938. The molecule has 0 amide bonds. The summed E-state index contributed by atoms with van der Waals surface area (Å²) in [7, 11) is -3.23. The van der Waals surface area contributed by atoms with Gasteiger partial charge in [-0.2, -0.15) is 0 Å². The Labute approximate surface area is 128 Å². The van der Waals surface area contributed by atoms with Crippen LogP contribution in [0.1, 0.15) is 17.2 Å². The van der Waals surface area contributed by atoms with Gasteiger partial charge >= 0.3 is 0 Å². The van der Waals surface area contributed by atoms with Crippen molar-refractivity contribution < 1.29 is 12.8 Å². The summed E-state index contributed by atoms with van der Waals surface area (Å²) in [5, 5.41) is 0.0622. The highest BCUT2D eigenvalue weighted by atomic mass is 35.5. The Kier molecular flexibility index (Phi) is 4.66. The molecule has 0 bridgehead atoms. The highest BCUT2D eigenvalue weighted by Gasteiger charge is 2.13. The predicted octanol–water partition coefficient (Wildman–Crippen LogP) is 3.13. The van der Waals surface area contributed by atoms with Crippen LogP contribution in [0.25, 0.3) is 0 Å². The second kappa shape index (κ2) is 6.13. The number of hydrogen-bond donors (Lipinski definition) is 1. The minimum atomic E-state index is -3.23. The molecule has 0 aromatic heterocycles. The second-order valence-electron chi connectivity index (χ2n) is 4.86. The van der Waals surface area contributed by atoms with E-state index in [1.165, 1.54) is 18.2 Å². The summed E-state index contributed by atoms with van der Waals surface area (Å²) in [6.07, 6.45) is 1.42. The molecule has 0 aliphatic rings. The maximum atomic E-state index is 13.8. The zero-order valence-corrected chi connectivity index (χ0v) is 13.0. The van der Waals surface area contributed by atoms with Crippen LogP contribution >= 0.6 is 11.6 Å². The van der Waals surface area contributed by atoms with E-state index in [0.717, 1.165) is 11.8 Å². The van der Waals surface area contributed by atoms with E-state index in [-0.39, 0.29) is 16.3 Å². The largest absolute Gasteiger partial charge is 0.324 e. The Morgan fingerprint density at radius 1 is 1.19 bits per heavy atom. The van der Waals surface area contributed by atoms with Crippen molar-refractivity contribution in [2.45, 2.75) is 17.4 Å². The Bertz CT molecular complexity index is 745. The molecule has 1 unspecified atom stereocenters. The van der Waals surface area contributed by atoms with Gasteiger partial charge in [0.2, 0.25) is 0 Å². The summed E-state index contributed by atoms with van der Waals surface area (Å²) in [5.41, 5.74) is 7.22. The summed E-state index contributed by atoms with van der Waals surface area (Å²) in [6, 6.07) is 10.6. The predicted molar refractivity (Wildman–Crippen MR) is 81.6 cm³/mol. The standard InChI is InChI=1S/C15H15ClFNO2S/c1-21(19,20)12-7-5-10(6-8-12)14(18)9-11-3-2-4-13(16)15(11)17/h2-8,14H,9,18H2,1H3. The van der Waals surface area contributed by atoms with Crippen molar-refractivity contribution in [3.8, 4) is 0 Å². The zero-order valence-electron chi connectivity index (χ0n) is 11.4. The monoisotopic (exact) mass is 327 g/mol. The van der Waals surface area contributed by atoms with Gasteiger partial charge in [-0.05, 0) is 35.7 Å². The molecule has 3 nitrogen and oxygen atoms in total. The van der Waals surface area contributed by atoms with Crippen molar-refractivity contribution >= 4 is 21.4 Å². The minimum absolute atomic E-state index is 0.0622. The molecule has 0 aliphatic carbocycles. The minimum Gasteiger partial charge on any atom is -0.324 e. The Morgan fingerprint density at radius 2 is 1.81 bits per heavy atom. The molecular formula is C15H15ClFNO2S. The average Bonchev–Trinajstić information content (AvgIpc) is 2.43. The van der Waals surface area contributed by atoms with Gasteiger partial charge in [0, 0.05) is 12.3 Å². The van der Waals surface area contributed by atoms with Crippen LogP contribution in [0.2, 0.25) is 5.02 Å². The first-order chi connectivity index (χ1) is 9.79. The van der Waals surface area contributed by atoms with Crippen LogP contribution in [0.5, 0.6) is 0 Å². The maximum Gasteiger partial charge on any atom is 0.175 e. The molecule has 0 spiro atoms. The smallest absolute Gasteiger partial charge is 0.175 e. The van der Waals surface area contributed by atoms with Crippen LogP contribution in [0.3, 0.4) is 0 Å². The molecule has 2 N–H and O–H groups in total. The van der Waals surface area contributed by atoms with E-state index in [0.29, 0.717) is 5.56 Å². The van der Waals surface area contributed by atoms with Gasteiger partial charge in [-0.15, -0.1) is 0 Å². The Hall–Kier alpha value is -1.43. The van der Waals surface area contributed by atoms with E-state index in [9.17, 15) is 12.8 Å². The Morgan fingerprint density at radius 3 is 2.38 bits per heavy atom. The molecule has 0 saturated carbocycles. The fourth-order valence-corrected chi connectivity index (χ4v) is 2.85. The van der Waals surface area contributed by atoms with Crippen LogP contribution in [0, 0.1) is 5.82 Å². The lowest BCUT2D eigenvalue weighted by molar-refractivity contribution is 0.593. The number of rotatable bonds is 4. The highest BCUT2D eigenvalue weighted by molar-refractivity contribution is 7.90. The van der Waals surface area contributed by atoms with E-state index in [4.69, 9.17) is 17.3 Å². The van der Waals surface area contributed by atoms with Crippen molar-refractivity contribution in [2.75, 3.05) is 6.26 Å². The molecule has 0 heterocycles. The van der Waals surface area contributed by atoms with Gasteiger partial charge in [-0.3, -0.25) is 0 Å². The van der Waals surface area contributed by atoms with Crippen molar-refractivity contribution in [3.05, 3.63) is 64.4 Å². The summed E-state index contributed by atoms with van der Waals surface area (Å²) in [5.74, 6) is -0.470. The Balaban J connectivity index is 2.21. The lowest BCUT2D eigenvalue weighted by atomic mass is 9.99. The number of hydrogen-bond acceptors (Lipinski definition) is 3. The third-order valence-electron chi connectivity index (χ3n) is 3.21. The van der Waals surface area contributed by atoms with Gasteiger partial charge in [0.25, 0.3) is 0 Å². The lowest BCUT2D eigenvalue weighted by Gasteiger charge is -2.13. The molecule has 0 radical (unpaired) electrons. The fraction of sp³-hybridized carbons (Fsp3) is 0.200. The molecule has 0 fully saturated rings. The van der Waals surface area contributed by atoms with Gasteiger partial charge < -0.3 is 5.73 Å². The number of nitrogens with two attached hydrogens (primary N) is 1. The maximum absolute atomic E-state index is 13.8. The molecule has 1 atom stereocenters. The van der Waals surface area contributed by atoms with Gasteiger partial charge in [-0.25, -0.2) is 12.8 Å². The van der Waals surface area contributed by atoms with Crippen LogP contribution in [-0.2, 0) is 16.3 Å². The van der Waals surface area contributed by atoms with Crippen molar-refractivity contribution in [2.24, 2.45) is 5.73 Å². The van der Waals surface area contributed by atoms with Gasteiger partial charge in [0.1, 0.15) is 5.82 Å². The topological polar surface area (TPSA) is 60.2 Å². The van der Waals surface area contributed by atoms with Gasteiger partial charge in [0.15, 0.2) is 9.84 Å². The van der Waals surface area contributed by atoms with E-state index in [1.54, 1.807) is 24.3 Å². The van der Waals surface area contributed by atoms with Gasteiger partial charge in [-0.1, -0.05) is 35.9 Å². The third-order valence-corrected chi connectivity index (χ3v) is 4.63. The first kappa shape index (κ1) is 15.9. The first-order valence-corrected chi connectivity index (χ1v) is 8.54. The van der Waals surface area contributed by atoms with E-state index < -0.39 is 21.7 Å².